The number of fused-ring (bicyclic) bond motifs is 1. The first kappa shape index (κ1) is 25.8. The second kappa shape index (κ2) is 11.3. The molecule has 0 aliphatic carbocycles. The summed E-state index contributed by atoms with van der Waals surface area (Å²) in [5.41, 5.74) is 6.32. The predicted octanol–water partition coefficient (Wildman–Crippen LogP) is 1.63. The number of hydrogen-bond acceptors (Lipinski definition) is 11. The summed E-state index contributed by atoms with van der Waals surface area (Å²) >= 11 is 0. The molecule has 1 atom stereocenters. The number of anilines is 3. The third kappa shape index (κ3) is 5.83. The number of hydrogen-bond donors (Lipinski definition) is 2. The monoisotopic (exact) mass is 547 g/mol. The second-order valence-corrected chi connectivity index (χ2v) is 10.2. The molecule has 0 radical (unpaired) electrons. The highest BCUT2D eigenvalue weighted by Crippen LogP contribution is 2.29. The van der Waals surface area contributed by atoms with Gasteiger partial charge in [0.2, 0.25) is 17.7 Å². The van der Waals surface area contributed by atoms with Gasteiger partial charge in [-0.25, -0.2) is 8.78 Å². The number of piperazine rings is 1. The van der Waals surface area contributed by atoms with Gasteiger partial charge >= 0.3 is 0 Å². The van der Waals surface area contributed by atoms with Crippen molar-refractivity contribution in [1.82, 2.24) is 29.5 Å². The highest BCUT2D eigenvalue weighted by atomic mass is 32.2. The van der Waals surface area contributed by atoms with Crippen LogP contribution in [0.2, 0.25) is 0 Å². The van der Waals surface area contributed by atoms with E-state index in [9.17, 15) is 13.0 Å². The molecule has 1 aliphatic heterocycles. The molecule has 0 amide bonds. The Morgan fingerprint density at radius 2 is 1.97 bits per heavy atom. The average Bonchev–Trinajstić information content (AvgIpc) is 3.56. The van der Waals surface area contributed by atoms with Crippen molar-refractivity contribution in [3.8, 4) is 17.3 Å². The minimum Gasteiger partial charge on any atom is -0.489 e. The fourth-order valence-corrected chi connectivity index (χ4v) is 4.39. The summed E-state index contributed by atoms with van der Waals surface area (Å²) in [4.78, 5) is 17.0. The third-order valence-corrected chi connectivity index (χ3v) is 6.77. The average molecular weight is 548 g/mol. The van der Waals surface area contributed by atoms with Gasteiger partial charge in [-0.05, 0) is 12.1 Å². The van der Waals surface area contributed by atoms with Crippen LogP contribution in [0.15, 0.2) is 34.9 Å². The van der Waals surface area contributed by atoms with E-state index in [0.29, 0.717) is 62.6 Å². The molecule has 38 heavy (non-hydrogen) atoms. The number of nitrogens with one attached hydrogen (secondary N) is 1. The van der Waals surface area contributed by atoms with E-state index in [1.807, 2.05) is 4.90 Å². The van der Waals surface area contributed by atoms with Crippen LogP contribution in [0.25, 0.3) is 17.4 Å². The van der Waals surface area contributed by atoms with Gasteiger partial charge in [0.25, 0.3) is 5.78 Å². The van der Waals surface area contributed by atoms with Gasteiger partial charge in [0.05, 0.1) is 24.3 Å². The van der Waals surface area contributed by atoms with Gasteiger partial charge in [0.15, 0.2) is 17.3 Å². The Morgan fingerprint density at radius 1 is 1.16 bits per heavy atom. The van der Waals surface area contributed by atoms with Gasteiger partial charge < -0.3 is 25.1 Å². The van der Waals surface area contributed by atoms with E-state index in [0.717, 1.165) is 6.07 Å². The second-order valence-electron chi connectivity index (χ2n) is 8.65. The van der Waals surface area contributed by atoms with E-state index in [4.69, 9.17) is 14.9 Å². The standard InChI is InChI=1S/C23H27F2N9O3S/c1-38(35)12-11-37-19-14-17(15(24)13-16(19)25)33-8-6-32(7-9-33)5-4-27-22-29-21(26)34-23(30-22)28-20(31-34)18-3-2-10-36-18/h2-3,10,13-14H,4-9,11-12H2,1H3,(H3,26,27,28,29,30,31)/t38-/m0/s1. The Bertz CT molecular complexity index is 1430. The third-order valence-electron chi connectivity index (χ3n) is 6.03. The molecule has 12 nitrogen and oxygen atoms in total. The minimum absolute atomic E-state index is 0.0429. The molecule has 202 valence electrons. The quantitative estimate of drug-likeness (QED) is 0.299. The van der Waals surface area contributed by atoms with Crippen LogP contribution in [0.5, 0.6) is 5.75 Å². The number of nitrogens with two attached hydrogens (primary N) is 1. The zero-order valence-electron chi connectivity index (χ0n) is 20.6. The summed E-state index contributed by atoms with van der Waals surface area (Å²) in [6, 6.07) is 5.69. The van der Waals surface area contributed by atoms with Crippen molar-refractivity contribution in [3.05, 3.63) is 42.2 Å². The number of halogens is 2. The van der Waals surface area contributed by atoms with Gasteiger partial charge in [-0.15, -0.1) is 5.10 Å². The van der Waals surface area contributed by atoms with E-state index >= 15 is 0 Å². The minimum atomic E-state index is -1.06. The number of rotatable bonds is 10. The van der Waals surface area contributed by atoms with Crippen LogP contribution in [0.4, 0.5) is 26.4 Å². The molecule has 15 heteroatoms. The molecule has 0 spiro atoms. The molecule has 1 fully saturated rings. The SMILES string of the molecule is C[S@](=O)CCOc1cc(N2CCN(CCNc3nc(N)n4nc(-c5ccco5)nc4n3)CC2)c(F)cc1F. The Morgan fingerprint density at radius 3 is 2.71 bits per heavy atom. The predicted molar refractivity (Wildman–Crippen MR) is 139 cm³/mol. The van der Waals surface area contributed by atoms with Crippen LogP contribution >= 0.6 is 0 Å². The zero-order valence-corrected chi connectivity index (χ0v) is 21.5. The zero-order chi connectivity index (χ0) is 26.6. The van der Waals surface area contributed by atoms with Crippen LogP contribution in [-0.2, 0) is 10.8 Å². The largest absolute Gasteiger partial charge is 0.489 e. The van der Waals surface area contributed by atoms with Gasteiger partial charge in [-0.3, -0.25) is 9.11 Å². The van der Waals surface area contributed by atoms with Crippen LogP contribution in [-0.4, -0.2) is 91.6 Å². The molecule has 3 aromatic heterocycles. The smallest absolute Gasteiger partial charge is 0.259 e. The molecule has 0 saturated carbocycles. The van der Waals surface area contributed by atoms with Crippen molar-refractivity contribution >= 4 is 34.2 Å². The van der Waals surface area contributed by atoms with E-state index < -0.39 is 22.4 Å². The van der Waals surface area contributed by atoms with Crippen molar-refractivity contribution in [2.75, 3.05) is 73.8 Å². The van der Waals surface area contributed by atoms with Crippen LogP contribution in [0, 0.1) is 11.6 Å². The lowest BCUT2D eigenvalue weighted by atomic mass is 10.2. The van der Waals surface area contributed by atoms with Crippen LogP contribution in [0.3, 0.4) is 0 Å². The number of ether oxygens (including phenoxy) is 1. The lowest BCUT2D eigenvalue weighted by Gasteiger charge is -2.36. The van der Waals surface area contributed by atoms with Gasteiger partial charge in [-0.1, -0.05) is 0 Å². The Hall–Kier alpha value is -3.85. The Labute approximate surface area is 219 Å². The summed E-state index contributed by atoms with van der Waals surface area (Å²) in [7, 11) is -1.06. The molecule has 1 aromatic carbocycles. The van der Waals surface area contributed by atoms with E-state index in [1.54, 1.807) is 18.4 Å². The van der Waals surface area contributed by atoms with Crippen molar-refractivity contribution in [2.24, 2.45) is 0 Å². The number of nitrogen functional groups attached to an aromatic ring is 1. The fourth-order valence-electron chi connectivity index (χ4n) is 4.07. The number of nitrogens with zero attached hydrogens (tertiary/aromatic N) is 7. The lowest BCUT2D eigenvalue weighted by molar-refractivity contribution is 0.266. The maximum atomic E-state index is 14.5. The molecule has 5 rings (SSSR count). The van der Waals surface area contributed by atoms with Gasteiger partial charge in [-0.2, -0.15) is 19.5 Å². The first-order valence-corrected chi connectivity index (χ1v) is 13.7. The summed E-state index contributed by atoms with van der Waals surface area (Å²) < 4.78 is 51.9. The van der Waals surface area contributed by atoms with Crippen molar-refractivity contribution in [3.63, 3.8) is 0 Å². The molecule has 0 bridgehead atoms. The van der Waals surface area contributed by atoms with E-state index in [1.165, 1.54) is 16.8 Å². The van der Waals surface area contributed by atoms with Crippen LogP contribution in [0.1, 0.15) is 0 Å². The van der Waals surface area contributed by atoms with E-state index in [2.05, 4.69) is 30.3 Å². The summed E-state index contributed by atoms with van der Waals surface area (Å²) in [5.74, 6) is 0.451. The number of benzene rings is 1. The summed E-state index contributed by atoms with van der Waals surface area (Å²) in [5, 5.41) is 7.43. The Balaban J connectivity index is 1.14. The molecule has 3 N–H and O–H groups in total. The molecule has 1 saturated heterocycles. The van der Waals surface area contributed by atoms with Gasteiger partial charge in [0.1, 0.15) is 5.82 Å². The summed E-state index contributed by atoms with van der Waals surface area (Å²) in [6.45, 7) is 3.83. The van der Waals surface area contributed by atoms with E-state index in [-0.39, 0.29) is 29.7 Å². The number of furan rings is 1. The first-order chi connectivity index (χ1) is 18.4. The summed E-state index contributed by atoms with van der Waals surface area (Å²) in [6.07, 6.45) is 3.08. The first-order valence-electron chi connectivity index (χ1n) is 11.9. The number of aromatic nitrogens is 5. The maximum Gasteiger partial charge on any atom is 0.259 e. The van der Waals surface area contributed by atoms with Crippen LogP contribution < -0.4 is 20.7 Å². The molecule has 4 aromatic rings. The van der Waals surface area contributed by atoms with Crippen molar-refractivity contribution in [2.45, 2.75) is 0 Å². The van der Waals surface area contributed by atoms with Crippen molar-refractivity contribution in [1.29, 1.82) is 0 Å². The molecule has 0 unspecified atom stereocenters. The fraction of sp³-hybridized carbons (Fsp3) is 0.391. The lowest BCUT2D eigenvalue weighted by Crippen LogP contribution is -2.48. The van der Waals surface area contributed by atoms with Crippen molar-refractivity contribution < 1.29 is 22.1 Å². The highest BCUT2D eigenvalue weighted by Gasteiger charge is 2.22. The molecular formula is C23H27F2N9O3S. The highest BCUT2D eigenvalue weighted by molar-refractivity contribution is 7.84. The Kier molecular flexibility index (Phi) is 7.64. The molecular weight excluding hydrogens is 520 g/mol. The maximum absolute atomic E-state index is 14.5. The topological polar surface area (TPSA) is 140 Å². The molecule has 4 heterocycles. The molecule has 1 aliphatic rings. The van der Waals surface area contributed by atoms with Gasteiger partial charge in [0, 0.05) is 68.5 Å². The normalized spacial score (nSPS) is 15.2.